The van der Waals surface area contributed by atoms with E-state index in [2.05, 4.69) is 47.0 Å². The molecule has 0 aromatic heterocycles. The SMILES string of the molecule is C=C1CC[C@@H]2C(C)(C)CCC[C@@]2(C)C1CO[Si](C)(C)C. The first-order valence-corrected chi connectivity index (χ1v) is 11.8. The summed E-state index contributed by atoms with van der Waals surface area (Å²) in [4.78, 5) is 0. The van der Waals surface area contributed by atoms with Crippen LogP contribution < -0.4 is 0 Å². The second-order valence-electron chi connectivity index (χ2n) is 9.07. The maximum absolute atomic E-state index is 6.30. The van der Waals surface area contributed by atoms with Crippen LogP contribution in [-0.4, -0.2) is 14.9 Å². The quantitative estimate of drug-likeness (QED) is 0.483. The van der Waals surface area contributed by atoms with Gasteiger partial charge in [0.15, 0.2) is 8.32 Å². The standard InChI is InChI=1S/C18H34OSi/c1-14-9-10-16-17(2,3)11-8-12-18(16,4)15(14)13-19-20(5,6)7/h15-16H,1,8-13H2,2-7H3/t15?,16-,18+/m1/s1. The zero-order chi connectivity index (χ0) is 15.2. The molecule has 2 rings (SSSR count). The summed E-state index contributed by atoms with van der Waals surface area (Å²) >= 11 is 0. The molecule has 0 bridgehead atoms. The van der Waals surface area contributed by atoms with E-state index in [0.29, 0.717) is 16.7 Å². The molecule has 2 aliphatic rings. The van der Waals surface area contributed by atoms with Gasteiger partial charge in [-0.3, -0.25) is 0 Å². The molecule has 2 aliphatic carbocycles. The molecule has 0 N–H and O–H groups in total. The third-order valence-corrected chi connectivity index (χ3v) is 7.03. The van der Waals surface area contributed by atoms with Gasteiger partial charge in [0.05, 0.1) is 0 Å². The Labute approximate surface area is 127 Å². The molecule has 1 unspecified atom stereocenters. The van der Waals surface area contributed by atoms with Crippen molar-refractivity contribution >= 4 is 8.32 Å². The molecule has 0 aromatic carbocycles. The highest BCUT2D eigenvalue weighted by Gasteiger charge is 2.52. The largest absolute Gasteiger partial charge is 0.417 e. The molecule has 2 saturated carbocycles. The fraction of sp³-hybridized carbons (Fsp3) is 0.889. The van der Waals surface area contributed by atoms with Gasteiger partial charge in [-0.25, -0.2) is 0 Å². The molecule has 0 spiro atoms. The van der Waals surface area contributed by atoms with E-state index < -0.39 is 8.32 Å². The van der Waals surface area contributed by atoms with E-state index in [4.69, 9.17) is 4.43 Å². The fourth-order valence-electron chi connectivity index (χ4n) is 4.92. The van der Waals surface area contributed by atoms with Crippen molar-refractivity contribution in [2.45, 2.75) is 72.5 Å². The lowest BCUT2D eigenvalue weighted by atomic mass is 9.48. The van der Waals surface area contributed by atoms with Crippen LogP contribution in [0.4, 0.5) is 0 Å². The molecule has 116 valence electrons. The van der Waals surface area contributed by atoms with Gasteiger partial charge in [0, 0.05) is 12.5 Å². The van der Waals surface area contributed by atoms with Crippen molar-refractivity contribution in [3.05, 3.63) is 12.2 Å². The zero-order valence-electron chi connectivity index (χ0n) is 14.5. The summed E-state index contributed by atoms with van der Waals surface area (Å²) in [5, 5.41) is 0. The molecule has 20 heavy (non-hydrogen) atoms. The van der Waals surface area contributed by atoms with Crippen molar-refractivity contribution in [1.82, 2.24) is 0 Å². The van der Waals surface area contributed by atoms with Crippen molar-refractivity contribution in [3.8, 4) is 0 Å². The van der Waals surface area contributed by atoms with Crippen LogP contribution in [0.25, 0.3) is 0 Å². The Balaban J connectivity index is 2.22. The molecule has 0 radical (unpaired) electrons. The molecular weight excluding hydrogens is 260 g/mol. The van der Waals surface area contributed by atoms with Crippen LogP contribution >= 0.6 is 0 Å². The van der Waals surface area contributed by atoms with Crippen LogP contribution in [-0.2, 0) is 4.43 Å². The minimum Gasteiger partial charge on any atom is -0.417 e. The van der Waals surface area contributed by atoms with Crippen molar-refractivity contribution in [2.24, 2.45) is 22.7 Å². The topological polar surface area (TPSA) is 9.23 Å². The first-order chi connectivity index (χ1) is 9.06. The lowest BCUT2D eigenvalue weighted by Crippen LogP contribution is -2.51. The van der Waals surface area contributed by atoms with Crippen LogP contribution in [0.15, 0.2) is 12.2 Å². The molecular formula is C18H34OSi. The fourth-order valence-corrected chi connectivity index (χ4v) is 5.58. The average molecular weight is 295 g/mol. The van der Waals surface area contributed by atoms with E-state index >= 15 is 0 Å². The Kier molecular flexibility index (Phi) is 4.30. The number of hydrogen-bond acceptors (Lipinski definition) is 1. The molecule has 0 aliphatic heterocycles. The van der Waals surface area contributed by atoms with Crippen molar-refractivity contribution in [2.75, 3.05) is 6.61 Å². The Morgan fingerprint density at radius 1 is 1.20 bits per heavy atom. The molecule has 1 nitrogen and oxygen atoms in total. The highest BCUT2D eigenvalue weighted by atomic mass is 28.4. The molecule has 0 aromatic rings. The van der Waals surface area contributed by atoms with Gasteiger partial charge >= 0.3 is 0 Å². The van der Waals surface area contributed by atoms with Gasteiger partial charge < -0.3 is 4.43 Å². The van der Waals surface area contributed by atoms with Gasteiger partial charge in [-0.2, -0.15) is 0 Å². The van der Waals surface area contributed by atoms with Crippen LogP contribution in [0.5, 0.6) is 0 Å². The molecule has 3 atom stereocenters. The molecule has 0 heterocycles. The third kappa shape index (κ3) is 3.06. The summed E-state index contributed by atoms with van der Waals surface area (Å²) in [6.45, 7) is 19.7. The second kappa shape index (κ2) is 5.28. The predicted molar refractivity (Wildman–Crippen MR) is 90.4 cm³/mol. The summed E-state index contributed by atoms with van der Waals surface area (Å²) < 4.78 is 6.30. The van der Waals surface area contributed by atoms with Crippen molar-refractivity contribution < 1.29 is 4.43 Å². The number of fused-ring (bicyclic) bond motifs is 1. The Morgan fingerprint density at radius 3 is 2.45 bits per heavy atom. The van der Waals surface area contributed by atoms with Crippen LogP contribution in [0.3, 0.4) is 0 Å². The summed E-state index contributed by atoms with van der Waals surface area (Å²) in [5.74, 6) is 1.41. The van der Waals surface area contributed by atoms with Gasteiger partial charge in [-0.15, -0.1) is 0 Å². The first kappa shape index (κ1) is 16.3. The van der Waals surface area contributed by atoms with Gasteiger partial charge in [0.25, 0.3) is 0 Å². The van der Waals surface area contributed by atoms with Gasteiger partial charge in [0.1, 0.15) is 0 Å². The maximum atomic E-state index is 6.30. The monoisotopic (exact) mass is 294 g/mol. The van der Waals surface area contributed by atoms with E-state index in [0.717, 1.165) is 12.5 Å². The smallest absolute Gasteiger partial charge is 0.183 e. The Hall–Kier alpha value is -0.0831. The van der Waals surface area contributed by atoms with Gasteiger partial charge in [-0.1, -0.05) is 39.3 Å². The lowest BCUT2D eigenvalue weighted by molar-refractivity contribution is -0.0632. The van der Waals surface area contributed by atoms with E-state index in [-0.39, 0.29) is 0 Å². The van der Waals surface area contributed by atoms with E-state index in [1.165, 1.54) is 37.7 Å². The Morgan fingerprint density at radius 2 is 1.85 bits per heavy atom. The minimum absolute atomic E-state index is 0.413. The zero-order valence-corrected chi connectivity index (χ0v) is 15.5. The van der Waals surface area contributed by atoms with E-state index in [1.807, 2.05) is 0 Å². The molecule has 0 amide bonds. The highest BCUT2D eigenvalue weighted by molar-refractivity contribution is 6.69. The summed E-state index contributed by atoms with van der Waals surface area (Å²) in [5.41, 5.74) is 2.36. The maximum Gasteiger partial charge on any atom is 0.183 e. The van der Waals surface area contributed by atoms with E-state index in [1.54, 1.807) is 0 Å². The summed E-state index contributed by atoms with van der Waals surface area (Å²) in [6.07, 6.45) is 6.67. The van der Waals surface area contributed by atoms with Crippen molar-refractivity contribution in [3.63, 3.8) is 0 Å². The van der Waals surface area contributed by atoms with Crippen LogP contribution in [0.1, 0.15) is 52.9 Å². The average Bonchev–Trinajstić information content (AvgIpc) is 2.24. The van der Waals surface area contributed by atoms with Crippen LogP contribution in [0.2, 0.25) is 19.6 Å². The number of rotatable bonds is 3. The molecule has 2 fully saturated rings. The van der Waals surface area contributed by atoms with Gasteiger partial charge in [-0.05, 0) is 62.1 Å². The summed E-state index contributed by atoms with van der Waals surface area (Å²) in [6, 6.07) is 0. The first-order valence-electron chi connectivity index (χ1n) is 8.38. The minimum atomic E-state index is -1.44. The lowest BCUT2D eigenvalue weighted by Gasteiger charge is -2.58. The summed E-state index contributed by atoms with van der Waals surface area (Å²) in [7, 11) is -1.44. The van der Waals surface area contributed by atoms with Gasteiger partial charge in [0.2, 0.25) is 0 Å². The van der Waals surface area contributed by atoms with E-state index in [9.17, 15) is 0 Å². The predicted octanol–water partition coefficient (Wildman–Crippen LogP) is 5.64. The normalized spacial score (nSPS) is 37.6. The molecule has 0 saturated heterocycles. The third-order valence-electron chi connectivity index (χ3n) is 6.00. The second-order valence-corrected chi connectivity index (χ2v) is 13.6. The van der Waals surface area contributed by atoms with Crippen LogP contribution in [0, 0.1) is 22.7 Å². The highest BCUT2D eigenvalue weighted by Crippen LogP contribution is 2.60. The Bertz CT molecular complexity index is 379. The number of hydrogen-bond donors (Lipinski definition) is 0. The van der Waals surface area contributed by atoms with Crippen molar-refractivity contribution in [1.29, 1.82) is 0 Å². The molecule has 2 heteroatoms.